The molecule has 0 spiro atoms. The van der Waals surface area contributed by atoms with Gasteiger partial charge in [-0.25, -0.2) is 13.5 Å². The van der Waals surface area contributed by atoms with E-state index in [4.69, 9.17) is 0 Å². The number of carbonyl (C=O) groups is 2. The molecular weight excluding hydrogens is 368 g/mol. The summed E-state index contributed by atoms with van der Waals surface area (Å²) in [7, 11) is 1.72. The molecule has 2 saturated heterocycles. The molecule has 7 nitrogen and oxygen atoms in total. The van der Waals surface area contributed by atoms with E-state index in [1.165, 1.54) is 4.68 Å². The third-order valence-electron chi connectivity index (χ3n) is 6.40. The predicted molar refractivity (Wildman–Crippen MR) is 99.1 cm³/mol. The summed E-state index contributed by atoms with van der Waals surface area (Å²) < 4.78 is 28.6. The third-order valence-corrected chi connectivity index (χ3v) is 6.40. The van der Waals surface area contributed by atoms with Crippen molar-refractivity contribution in [1.82, 2.24) is 19.6 Å². The number of halogens is 2. The molecule has 3 atom stereocenters. The fourth-order valence-corrected chi connectivity index (χ4v) is 4.82. The molecule has 1 aromatic heterocycles. The fourth-order valence-electron chi connectivity index (χ4n) is 4.82. The van der Waals surface area contributed by atoms with Crippen LogP contribution in [0.25, 0.3) is 0 Å². The van der Waals surface area contributed by atoms with E-state index in [2.05, 4.69) is 10.4 Å². The van der Waals surface area contributed by atoms with Gasteiger partial charge in [0.2, 0.25) is 11.8 Å². The summed E-state index contributed by atoms with van der Waals surface area (Å²) in [5.41, 5.74) is 0.727. The van der Waals surface area contributed by atoms with Gasteiger partial charge in [-0.3, -0.25) is 9.59 Å². The number of nitrogens with one attached hydrogen (secondary N) is 1. The maximum atomic E-state index is 13.6. The van der Waals surface area contributed by atoms with Crippen LogP contribution in [0.5, 0.6) is 0 Å². The van der Waals surface area contributed by atoms with Crippen molar-refractivity contribution in [2.24, 2.45) is 11.8 Å². The maximum Gasteiger partial charge on any atom is 0.260 e. The number of aromatic nitrogens is 2. The number of fused-ring (bicyclic) bond motifs is 1. The second kappa shape index (κ2) is 7.33. The molecule has 1 aromatic rings. The zero-order chi connectivity index (χ0) is 20.0. The molecule has 1 N–H and O–H groups in total. The molecule has 3 aliphatic rings. The number of likely N-dealkylation sites (tertiary alicyclic amines) is 2. The minimum absolute atomic E-state index is 0.0181. The van der Waals surface area contributed by atoms with E-state index >= 15 is 0 Å². The normalized spacial score (nSPS) is 28.6. The Bertz CT molecular complexity index is 760. The van der Waals surface area contributed by atoms with E-state index in [1.54, 1.807) is 18.9 Å². The quantitative estimate of drug-likeness (QED) is 0.849. The first-order valence-electron chi connectivity index (χ1n) is 9.97. The molecule has 28 heavy (non-hydrogen) atoms. The number of piperidine rings is 1. The lowest BCUT2D eigenvalue weighted by atomic mass is 9.84. The highest BCUT2D eigenvalue weighted by molar-refractivity contribution is 5.89. The van der Waals surface area contributed by atoms with E-state index in [0.29, 0.717) is 38.3 Å². The fraction of sp³-hybridized carbons (Fsp3) is 0.737. The van der Waals surface area contributed by atoms with Crippen LogP contribution < -0.4 is 5.32 Å². The van der Waals surface area contributed by atoms with E-state index in [9.17, 15) is 18.4 Å². The van der Waals surface area contributed by atoms with Crippen molar-refractivity contribution in [3.05, 3.63) is 11.8 Å². The van der Waals surface area contributed by atoms with Crippen molar-refractivity contribution >= 4 is 17.6 Å². The zero-order valence-corrected chi connectivity index (χ0v) is 16.3. The molecule has 4 heterocycles. The van der Waals surface area contributed by atoms with Crippen LogP contribution in [0, 0.1) is 18.8 Å². The second-order valence-electron chi connectivity index (χ2n) is 8.34. The summed E-state index contributed by atoms with van der Waals surface area (Å²) in [5, 5.41) is 7.61. The number of aryl methyl sites for hydroxylation is 1. The van der Waals surface area contributed by atoms with Gasteiger partial charge < -0.3 is 15.1 Å². The third kappa shape index (κ3) is 3.46. The average Bonchev–Trinajstić information content (AvgIpc) is 3.21. The van der Waals surface area contributed by atoms with Gasteiger partial charge in [-0.2, -0.15) is 5.10 Å². The minimum atomic E-state index is -2.46. The summed E-state index contributed by atoms with van der Waals surface area (Å²) >= 11 is 0. The number of hydrogen-bond acceptors (Lipinski definition) is 4. The van der Waals surface area contributed by atoms with Crippen molar-refractivity contribution in [3.8, 4) is 0 Å². The Balaban J connectivity index is 1.37. The largest absolute Gasteiger partial charge is 0.367 e. The Morgan fingerprint density at radius 2 is 2.04 bits per heavy atom. The van der Waals surface area contributed by atoms with Gasteiger partial charge in [0.1, 0.15) is 11.9 Å². The first kappa shape index (κ1) is 19.1. The lowest BCUT2D eigenvalue weighted by molar-refractivity contribution is -0.137. The molecule has 154 valence electrons. The molecule has 0 radical (unpaired) electrons. The Kier molecular flexibility index (Phi) is 5.01. The number of carbonyl (C=O) groups excluding carboxylic acids is 2. The van der Waals surface area contributed by atoms with Gasteiger partial charge in [0.05, 0.1) is 11.6 Å². The monoisotopic (exact) mass is 395 g/mol. The molecule has 0 aliphatic carbocycles. The molecule has 0 aromatic carbocycles. The van der Waals surface area contributed by atoms with E-state index in [0.717, 1.165) is 18.5 Å². The lowest BCUT2D eigenvalue weighted by Crippen LogP contribution is -2.47. The summed E-state index contributed by atoms with van der Waals surface area (Å²) in [6.45, 7) is 3.53. The van der Waals surface area contributed by atoms with Gasteiger partial charge in [-0.1, -0.05) is 0 Å². The van der Waals surface area contributed by atoms with E-state index in [1.807, 2.05) is 11.0 Å². The predicted octanol–water partition coefficient (Wildman–Crippen LogP) is 1.90. The van der Waals surface area contributed by atoms with Crippen molar-refractivity contribution in [2.45, 2.75) is 51.1 Å². The van der Waals surface area contributed by atoms with Crippen LogP contribution in [0.2, 0.25) is 0 Å². The van der Waals surface area contributed by atoms with Crippen LogP contribution in [-0.4, -0.2) is 70.5 Å². The molecule has 2 fully saturated rings. The topological polar surface area (TPSA) is 70.5 Å². The Morgan fingerprint density at radius 1 is 1.32 bits per heavy atom. The van der Waals surface area contributed by atoms with Gasteiger partial charge >= 0.3 is 0 Å². The zero-order valence-electron chi connectivity index (χ0n) is 16.3. The smallest absolute Gasteiger partial charge is 0.260 e. The highest BCUT2D eigenvalue weighted by atomic mass is 19.3. The summed E-state index contributed by atoms with van der Waals surface area (Å²) in [6.07, 6.45) is -0.266. The van der Waals surface area contributed by atoms with Gasteiger partial charge in [-0.05, 0) is 32.1 Å². The van der Waals surface area contributed by atoms with Gasteiger partial charge in [-0.15, -0.1) is 0 Å². The van der Waals surface area contributed by atoms with Gasteiger partial charge in [0, 0.05) is 45.2 Å². The van der Waals surface area contributed by atoms with E-state index < -0.39 is 12.5 Å². The van der Waals surface area contributed by atoms with Crippen LogP contribution in [-0.2, 0) is 9.59 Å². The maximum absolute atomic E-state index is 13.6. The second-order valence-corrected chi connectivity index (χ2v) is 8.34. The number of nitrogens with zero attached hydrogens (tertiary/aromatic N) is 4. The number of amides is 2. The molecule has 0 bridgehead atoms. The number of hydrogen-bond donors (Lipinski definition) is 1. The van der Waals surface area contributed by atoms with Gasteiger partial charge in [0.15, 0.2) is 0 Å². The SMILES string of the molecule is Cc1cc2n(n1)[C@@H](C(F)F)C[C@@H](C1CCN(C(=O)[C@@H]3CC(=O)N(C)C3)CC1)N2. The van der Waals surface area contributed by atoms with Crippen molar-refractivity contribution < 1.29 is 18.4 Å². The standard InChI is InChI=1S/C19H27F2N5O2/c1-11-7-16-22-14(9-15(18(20)21)26(16)23-11)12-3-5-25(6-4-12)19(28)13-8-17(27)24(2)10-13/h7,12-15,18,22H,3-6,8-10H2,1-2H3/t13-,14+,15-/m1/s1. The van der Waals surface area contributed by atoms with Gasteiger partial charge in [0.25, 0.3) is 6.43 Å². The summed E-state index contributed by atoms with van der Waals surface area (Å²) in [6, 6.07) is 0.863. The van der Waals surface area contributed by atoms with Crippen LogP contribution >= 0.6 is 0 Å². The highest BCUT2D eigenvalue weighted by Gasteiger charge is 2.40. The van der Waals surface area contributed by atoms with Crippen molar-refractivity contribution in [1.29, 1.82) is 0 Å². The molecule has 3 aliphatic heterocycles. The number of anilines is 1. The van der Waals surface area contributed by atoms with Crippen LogP contribution in [0.4, 0.5) is 14.6 Å². The van der Waals surface area contributed by atoms with Crippen LogP contribution in [0.1, 0.15) is 37.4 Å². The number of alkyl halides is 2. The molecule has 4 rings (SSSR count). The summed E-state index contributed by atoms with van der Waals surface area (Å²) in [4.78, 5) is 27.9. The Morgan fingerprint density at radius 3 is 2.64 bits per heavy atom. The highest BCUT2D eigenvalue weighted by Crippen LogP contribution is 2.37. The van der Waals surface area contributed by atoms with Crippen LogP contribution in [0.15, 0.2) is 6.07 Å². The first-order valence-corrected chi connectivity index (χ1v) is 9.97. The minimum Gasteiger partial charge on any atom is -0.367 e. The molecule has 0 saturated carbocycles. The van der Waals surface area contributed by atoms with E-state index in [-0.39, 0.29) is 29.7 Å². The van der Waals surface area contributed by atoms with Crippen molar-refractivity contribution in [3.63, 3.8) is 0 Å². The first-order chi connectivity index (χ1) is 13.3. The molecule has 9 heteroatoms. The molecule has 0 unspecified atom stereocenters. The Labute approximate surface area is 163 Å². The molecular formula is C19H27F2N5O2. The lowest BCUT2D eigenvalue weighted by Gasteiger charge is -2.41. The average molecular weight is 395 g/mol. The molecule has 2 amide bonds. The number of rotatable bonds is 3. The van der Waals surface area contributed by atoms with Crippen LogP contribution in [0.3, 0.4) is 0 Å². The Hall–Kier alpha value is -2.19. The van der Waals surface area contributed by atoms with Crippen molar-refractivity contribution in [2.75, 3.05) is 32.0 Å². The summed E-state index contributed by atoms with van der Waals surface area (Å²) in [5.74, 6) is 0.714.